The zero-order valence-corrected chi connectivity index (χ0v) is 20.0. The van der Waals surface area contributed by atoms with Crippen molar-refractivity contribution in [1.29, 1.82) is 0 Å². The van der Waals surface area contributed by atoms with Gasteiger partial charge in [-0.3, -0.25) is 9.36 Å². The summed E-state index contributed by atoms with van der Waals surface area (Å²) in [6.07, 6.45) is 5.14. The number of anilines is 1. The molecule has 0 aliphatic heterocycles. The van der Waals surface area contributed by atoms with Crippen molar-refractivity contribution in [3.8, 4) is 5.75 Å². The monoisotopic (exact) mass is 480 g/mol. The van der Waals surface area contributed by atoms with Crippen LogP contribution in [0.4, 0.5) is 10.1 Å². The van der Waals surface area contributed by atoms with E-state index in [4.69, 9.17) is 4.74 Å². The maximum atomic E-state index is 14.1. The number of carbonyl (C=O) groups is 1. The molecule has 178 valence electrons. The summed E-state index contributed by atoms with van der Waals surface area (Å²) in [7, 11) is 0. The summed E-state index contributed by atoms with van der Waals surface area (Å²) in [5.41, 5.74) is 0.767. The van der Waals surface area contributed by atoms with Crippen LogP contribution < -0.4 is 10.1 Å². The Labute approximate surface area is 203 Å². The van der Waals surface area contributed by atoms with Crippen LogP contribution in [0.3, 0.4) is 0 Å². The number of hydrogen-bond donors (Lipinski definition) is 1. The predicted molar refractivity (Wildman–Crippen MR) is 130 cm³/mol. The average molecular weight is 481 g/mol. The van der Waals surface area contributed by atoms with Crippen LogP contribution in [0.1, 0.15) is 44.5 Å². The van der Waals surface area contributed by atoms with Crippen LogP contribution in [-0.4, -0.2) is 26.4 Å². The molecule has 2 saturated carbocycles. The normalized spacial score (nSPS) is 22.0. The molecule has 3 aromatic rings. The molecular formula is C26H29FN4O2S. The van der Waals surface area contributed by atoms with E-state index in [-0.39, 0.29) is 30.1 Å². The van der Waals surface area contributed by atoms with Crippen LogP contribution >= 0.6 is 11.8 Å². The number of amides is 1. The molecule has 1 heterocycles. The molecule has 2 fully saturated rings. The Balaban J connectivity index is 1.32. The van der Waals surface area contributed by atoms with Crippen LogP contribution in [-0.2, 0) is 11.4 Å². The minimum Gasteiger partial charge on any atom is -0.483 e. The second kappa shape index (κ2) is 10.2. The number of nitrogens with zero attached hydrogens (tertiary/aromatic N) is 3. The largest absolute Gasteiger partial charge is 0.483 e. The third kappa shape index (κ3) is 4.97. The molecule has 34 heavy (non-hydrogen) atoms. The van der Waals surface area contributed by atoms with E-state index in [9.17, 15) is 9.18 Å². The molecule has 1 amide bonds. The van der Waals surface area contributed by atoms with Gasteiger partial charge in [-0.25, -0.2) is 4.39 Å². The lowest BCUT2D eigenvalue weighted by Gasteiger charge is -2.30. The first-order chi connectivity index (χ1) is 16.6. The molecule has 0 saturated heterocycles. The molecule has 0 radical (unpaired) electrons. The summed E-state index contributed by atoms with van der Waals surface area (Å²) in [5, 5.41) is 12.4. The third-order valence-electron chi connectivity index (χ3n) is 7.14. The Bertz CT molecular complexity index is 1140. The smallest absolute Gasteiger partial charge is 0.234 e. The first-order valence-corrected chi connectivity index (χ1v) is 12.9. The summed E-state index contributed by atoms with van der Waals surface area (Å²) in [6, 6.07) is 16.0. The van der Waals surface area contributed by atoms with Gasteiger partial charge in [-0.15, -0.1) is 10.2 Å². The zero-order valence-electron chi connectivity index (χ0n) is 19.2. The molecule has 2 bridgehead atoms. The van der Waals surface area contributed by atoms with E-state index in [0.29, 0.717) is 16.9 Å². The standard InChI is InChI=1S/C26H29FN4O2S/c1-17(21-14-18-11-12-19(21)13-18)31-24(15-33-23-10-6-5-9-22(23)27)29-30-26(31)34-16-25(32)28-20-7-3-2-4-8-20/h2-10,17-19,21H,11-16H2,1H3,(H,28,32). The maximum Gasteiger partial charge on any atom is 0.234 e. The van der Waals surface area contributed by atoms with Crippen molar-refractivity contribution in [2.75, 3.05) is 11.1 Å². The molecule has 4 atom stereocenters. The summed E-state index contributed by atoms with van der Waals surface area (Å²) in [4.78, 5) is 12.5. The summed E-state index contributed by atoms with van der Waals surface area (Å²) in [6.45, 7) is 2.34. The number of halogens is 1. The van der Waals surface area contributed by atoms with E-state index in [1.807, 2.05) is 30.3 Å². The Hall–Kier alpha value is -2.87. The number of hydrogen-bond acceptors (Lipinski definition) is 5. The van der Waals surface area contributed by atoms with E-state index >= 15 is 0 Å². The highest BCUT2D eigenvalue weighted by atomic mass is 32.2. The minimum atomic E-state index is -0.401. The van der Waals surface area contributed by atoms with Crippen molar-refractivity contribution in [3.63, 3.8) is 0 Å². The van der Waals surface area contributed by atoms with E-state index in [1.54, 1.807) is 18.2 Å². The number of para-hydroxylation sites is 2. The lowest BCUT2D eigenvalue weighted by molar-refractivity contribution is -0.113. The molecule has 2 aliphatic carbocycles. The van der Waals surface area contributed by atoms with Crippen LogP contribution in [0.25, 0.3) is 0 Å². The topological polar surface area (TPSA) is 69.0 Å². The van der Waals surface area contributed by atoms with Crippen molar-refractivity contribution < 1.29 is 13.9 Å². The minimum absolute atomic E-state index is 0.0949. The van der Waals surface area contributed by atoms with E-state index in [1.165, 1.54) is 43.5 Å². The number of benzene rings is 2. The number of fused-ring (bicyclic) bond motifs is 2. The molecule has 5 rings (SSSR count). The third-order valence-corrected chi connectivity index (χ3v) is 8.08. The molecule has 0 spiro atoms. The number of rotatable bonds is 9. The predicted octanol–water partition coefficient (Wildman–Crippen LogP) is 5.72. The number of aromatic nitrogens is 3. The molecule has 8 heteroatoms. The Morgan fingerprint density at radius 1 is 1.15 bits per heavy atom. The zero-order chi connectivity index (χ0) is 23.5. The SMILES string of the molecule is CC(C1CC2CCC1C2)n1c(COc2ccccc2F)nnc1SCC(=O)Nc1ccccc1. The van der Waals surface area contributed by atoms with Crippen molar-refractivity contribution in [2.24, 2.45) is 17.8 Å². The van der Waals surface area contributed by atoms with E-state index < -0.39 is 5.82 Å². The second-order valence-corrected chi connectivity index (χ2v) is 10.2. The molecule has 1 N–H and O–H groups in total. The fourth-order valence-corrected chi connectivity index (χ4v) is 6.38. The molecular weight excluding hydrogens is 451 g/mol. The number of thioether (sulfide) groups is 1. The highest BCUT2D eigenvalue weighted by Crippen LogP contribution is 2.52. The van der Waals surface area contributed by atoms with Gasteiger partial charge < -0.3 is 10.1 Å². The number of carbonyl (C=O) groups excluding carboxylic acids is 1. The lowest BCUT2D eigenvalue weighted by Crippen LogP contribution is -2.25. The van der Waals surface area contributed by atoms with Crippen molar-refractivity contribution in [2.45, 2.75) is 50.4 Å². The van der Waals surface area contributed by atoms with Gasteiger partial charge in [-0.05, 0) is 68.2 Å². The Morgan fingerprint density at radius 2 is 1.94 bits per heavy atom. The van der Waals surface area contributed by atoms with Gasteiger partial charge in [0.25, 0.3) is 0 Å². The van der Waals surface area contributed by atoms with Crippen LogP contribution in [0.2, 0.25) is 0 Å². The van der Waals surface area contributed by atoms with Gasteiger partial charge in [0.15, 0.2) is 22.5 Å². The van der Waals surface area contributed by atoms with E-state index in [0.717, 1.165) is 17.5 Å². The van der Waals surface area contributed by atoms with Crippen LogP contribution in [0.5, 0.6) is 5.75 Å². The van der Waals surface area contributed by atoms with Gasteiger partial charge in [0, 0.05) is 11.7 Å². The van der Waals surface area contributed by atoms with Gasteiger partial charge in [-0.1, -0.05) is 48.5 Å². The van der Waals surface area contributed by atoms with Crippen LogP contribution in [0.15, 0.2) is 59.8 Å². The van der Waals surface area contributed by atoms with Crippen LogP contribution in [0, 0.1) is 23.6 Å². The molecule has 6 nitrogen and oxygen atoms in total. The Morgan fingerprint density at radius 3 is 2.68 bits per heavy atom. The van der Waals surface area contributed by atoms with Crippen molar-refractivity contribution >= 4 is 23.4 Å². The lowest BCUT2D eigenvalue weighted by atomic mass is 9.84. The fraction of sp³-hybridized carbons (Fsp3) is 0.423. The van der Waals surface area contributed by atoms with Gasteiger partial charge in [-0.2, -0.15) is 0 Å². The maximum absolute atomic E-state index is 14.1. The quantitative estimate of drug-likeness (QED) is 0.397. The van der Waals surface area contributed by atoms with E-state index in [2.05, 4.69) is 27.0 Å². The summed E-state index contributed by atoms with van der Waals surface area (Å²) in [5.74, 6) is 2.68. The second-order valence-electron chi connectivity index (χ2n) is 9.27. The highest BCUT2D eigenvalue weighted by Gasteiger charge is 2.43. The van der Waals surface area contributed by atoms with Gasteiger partial charge in [0.05, 0.1) is 5.75 Å². The average Bonchev–Trinajstić information content (AvgIpc) is 3.58. The van der Waals surface area contributed by atoms with Crippen molar-refractivity contribution in [3.05, 3.63) is 66.2 Å². The number of ether oxygens (including phenoxy) is 1. The summed E-state index contributed by atoms with van der Waals surface area (Å²) >= 11 is 1.37. The van der Waals surface area contributed by atoms with Gasteiger partial charge >= 0.3 is 0 Å². The van der Waals surface area contributed by atoms with Gasteiger partial charge in [0.2, 0.25) is 5.91 Å². The van der Waals surface area contributed by atoms with Gasteiger partial charge in [0.1, 0.15) is 6.61 Å². The first-order valence-electron chi connectivity index (χ1n) is 11.9. The first kappa shape index (κ1) is 22.9. The highest BCUT2D eigenvalue weighted by molar-refractivity contribution is 7.99. The van der Waals surface area contributed by atoms with Crippen molar-refractivity contribution in [1.82, 2.24) is 14.8 Å². The molecule has 2 aliphatic rings. The Kier molecular flexibility index (Phi) is 6.85. The number of nitrogens with one attached hydrogen (secondary N) is 1. The molecule has 2 aromatic carbocycles. The summed E-state index contributed by atoms with van der Waals surface area (Å²) < 4.78 is 22.0. The fourth-order valence-electron chi connectivity index (χ4n) is 5.54. The molecule has 1 aromatic heterocycles. The molecule has 4 unspecified atom stereocenters.